The topological polar surface area (TPSA) is 94.7 Å². The third-order valence-corrected chi connectivity index (χ3v) is 4.88. The van der Waals surface area contributed by atoms with Crippen LogP contribution in [0.1, 0.15) is 17.4 Å². The van der Waals surface area contributed by atoms with Crippen molar-refractivity contribution in [3.63, 3.8) is 0 Å². The van der Waals surface area contributed by atoms with Crippen LogP contribution >= 0.6 is 0 Å². The predicted molar refractivity (Wildman–Crippen MR) is 100 cm³/mol. The van der Waals surface area contributed by atoms with E-state index in [0.29, 0.717) is 0 Å². The zero-order valence-corrected chi connectivity index (χ0v) is 16.1. The minimum atomic E-state index is -0.750. The van der Waals surface area contributed by atoms with Gasteiger partial charge >= 0.3 is 11.8 Å². The standard InChI is InChI=1S/C19H22F2N4O4/c1-11(29-2)10-22-17(26)19(28)25-5-3-24(4-6-25)18(27)16-9-13-14(21)7-12(20)8-15(13)23-16/h7-9,11,23H,3-6,10H2,1-2H3,(H,22,26). The third kappa shape index (κ3) is 4.53. The summed E-state index contributed by atoms with van der Waals surface area (Å²) in [5.41, 5.74) is 0.331. The Morgan fingerprint density at radius 3 is 2.45 bits per heavy atom. The number of piperazine rings is 1. The molecule has 0 saturated carbocycles. The van der Waals surface area contributed by atoms with Crippen molar-refractivity contribution in [1.82, 2.24) is 20.1 Å². The molecule has 156 valence electrons. The summed E-state index contributed by atoms with van der Waals surface area (Å²) in [6, 6.07) is 3.22. The fourth-order valence-corrected chi connectivity index (χ4v) is 3.10. The van der Waals surface area contributed by atoms with Gasteiger partial charge in [-0.1, -0.05) is 0 Å². The quantitative estimate of drug-likeness (QED) is 0.735. The number of H-pyrrole nitrogens is 1. The van der Waals surface area contributed by atoms with Crippen LogP contribution in [0.15, 0.2) is 18.2 Å². The lowest BCUT2D eigenvalue weighted by Crippen LogP contribution is -2.54. The van der Waals surface area contributed by atoms with Gasteiger partial charge in [-0.25, -0.2) is 8.78 Å². The fraction of sp³-hybridized carbons (Fsp3) is 0.421. The maximum atomic E-state index is 13.8. The summed E-state index contributed by atoms with van der Waals surface area (Å²) in [7, 11) is 1.51. The molecular formula is C19H22F2N4O4. The van der Waals surface area contributed by atoms with E-state index in [4.69, 9.17) is 4.74 Å². The van der Waals surface area contributed by atoms with Gasteiger partial charge in [0.1, 0.15) is 17.3 Å². The van der Waals surface area contributed by atoms with Gasteiger partial charge in [-0.05, 0) is 19.1 Å². The van der Waals surface area contributed by atoms with E-state index in [1.165, 1.54) is 23.0 Å². The third-order valence-electron chi connectivity index (χ3n) is 4.88. The van der Waals surface area contributed by atoms with E-state index in [-0.39, 0.29) is 61.3 Å². The van der Waals surface area contributed by atoms with Gasteiger partial charge in [0.05, 0.1) is 11.6 Å². The minimum absolute atomic E-state index is 0.130. The summed E-state index contributed by atoms with van der Waals surface area (Å²) in [6.45, 7) is 2.82. The number of aromatic amines is 1. The second kappa shape index (κ2) is 8.56. The van der Waals surface area contributed by atoms with Crippen molar-refractivity contribution in [2.75, 3.05) is 39.8 Å². The lowest BCUT2D eigenvalue weighted by atomic mass is 10.2. The fourth-order valence-electron chi connectivity index (χ4n) is 3.10. The molecule has 10 heteroatoms. The van der Waals surface area contributed by atoms with E-state index in [9.17, 15) is 23.2 Å². The van der Waals surface area contributed by atoms with E-state index < -0.39 is 23.4 Å². The van der Waals surface area contributed by atoms with Crippen molar-refractivity contribution in [2.24, 2.45) is 0 Å². The molecule has 2 heterocycles. The number of hydrogen-bond donors (Lipinski definition) is 2. The first-order chi connectivity index (χ1) is 13.8. The van der Waals surface area contributed by atoms with Crippen LogP contribution in [0.25, 0.3) is 10.9 Å². The van der Waals surface area contributed by atoms with Crippen molar-refractivity contribution in [3.05, 3.63) is 35.5 Å². The predicted octanol–water partition coefficient (Wildman–Crippen LogP) is 0.882. The average molecular weight is 408 g/mol. The Bertz CT molecular complexity index is 938. The number of aromatic nitrogens is 1. The first kappa shape index (κ1) is 20.7. The molecule has 0 radical (unpaired) electrons. The number of carbonyl (C=O) groups excluding carboxylic acids is 3. The zero-order chi connectivity index (χ0) is 21.1. The number of benzene rings is 1. The Hall–Kier alpha value is -3.01. The average Bonchev–Trinajstić information content (AvgIpc) is 3.15. The number of rotatable bonds is 4. The van der Waals surface area contributed by atoms with Crippen molar-refractivity contribution in [1.29, 1.82) is 0 Å². The van der Waals surface area contributed by atoms with Crippen LogP contribution in [0.2, 0.25) is 0 Å². The highest BCUT2D eigenvalue weighted by molar-refractivity contribution is 6.35. The molecule has 0 spiro atoms. The van der Waals surface area contributed by atoms with Gasteiger partial charge in [-0.2, -0.15) is 0 Å². The molecule has 1 saturated heterocycles. The number of carbonyl (C=O) groups is 3. The van der Waals surface area contributed by atoms with E-state index in [2.05, 4.69) is 10.3 Å². The molecule has 0 aliphatic carbocycles. The first-order valence-corrected chi connectivity index (χ1v) is 9.17. The summed E-state index contributed by atoms with van der Waals surface area (Å²) in [5.74, 6) is -3.25. The molecule has 1 aromatic carbocycles. The number of nitrogens with one attached hydrogen (secondary N) is 2. The number of halogens is 2. The molecule has 3 amide bonds. The second-order valence-electron chi connectivity index (χ2n) is 6.87. The number of nitrogens with zero attached hydrogens (tertiary/aromatic N) is 2. The molecule has 1 fully saturated rings. The van der Waals surface area contributed by atoms with E-state index in [0.717, 1.165) is 12.1 Å². The molecule has 1 aliphatic rings. The first-order valence-electron chi connectivity index (χ1n) is 9.17. The van der Waals surface area contributed by atoms with Crippen LogP contribution in [-0.4, -0.2) is 78.4 Å². The van der Waals surface area contributed by atoms with Gasteiger partial charge in [0.2, 0.25) is 0 Å². The van der Waals surface area contributed by atoms with Crippen LogP contribution in [0, 0.1) is 11.6 Å². The summed E-state index contributed by atoms with van der Waals surface area (Å²) in [6.07, 6.45) is -0.212. The number of ether oxygens (including phenoxy) is 1. The Morgan fingerprint density at radius 1 is 1.14 bits per heavy atom. The molecule has 0 bridgehead atoms. The normalized spacial score (nSPS) is 15.4. The van der Waals surface area contributed by atoms with Gasteiger partial charge in [0.25, 0.3) is 5.91 Å². The summed E-state index contributed by atoms with van der Waals surface area (Å²) in [4.78, 5) is 42.4. The van der Waals surface area contributed by atoms with Crippen LogP contribution in [-0.2, 0) is 14.3 Å². The Labute approximate surface area is 165 Å². The molecule has 1 aromatic heterocycles. The van der Waals surface area contributed by atoms with Crippen molar-refractivity contribution >= 4 is 28.6 Å². The number of amides is 3. The maximum Gasteiger partial charge on any atom is 0.312 e. The number of hydrogen-bond acceptors (Lipinski definition) is 4. The highest BCUT2D eigenvalue weighted by Gasteiger charge is 2.29. The van der Waals surface area contributed by atoms with Crippen molar-refractivity contribution < 1.29 is 27.9 Å². The zero-order valence-electron chi connectivity index (χ0n) is 16.1. The highest BCUT2D eigenvalue weighted by atomic mass is 19.1. The Morgan fingerprint density at radius 2 is 1.79 bits per heavy atom. The maximum absolute atomic E-state index is 13.8. The van der Waals surface area contributed by atoms with Gasteiger partial charge in [-0.3, -0.25) is 14.4 Å². The molecule has 2 aromatic rings. The number of fused-ring (bicyclic) bond motifs is 1. The molecule has 1 atom stereocenters. The smallest absolute Gasteiger partial charge is 0.312 e. The van der Waals surface area contributed by atoms with Crippen molar-refractivity contribution in [2.45, 2.75) is 13.0 Å². The second-order valence-corrected chi connectivity index (χ2v) is 6.87. The largest absolute Gasteiger partial charge is 0.380 e. The SMILES string of the molecule is COC(C)CNC(=O)C(=O)N1CCN(C(=O)c2cc3c(F)cc(F)cc3[nH]2)CC1. The van der Waals surface area contributed by atoms with Crippen LogP contribution in [0.5, 0.6) is 0 Å². The molecular weight excluding hydrogens is 386 g/mol. The number of methoxy groups -OCH3 is 1. The lowest BCUT2D eigenvalue weighted by Gasteiger charge is -2.34. The summed E-state index contributed by atoms with van der Waals surface area (Å²) in [5, 5.41) is 2.64. The van der Waals surface area contributed by atoms with Gasteiger partial charge in [-0.15, -0.1) is 0 Å². The van der Waals surface area contributed by atoms with Crippen LogP contribution in [0.3, 0.4) is 0 Å². The van der Waals surface area contributed by atoms with Crippen LogP contribution < -0.4 is 5.32 Å². The lowest BCUT2D eigenvalue weighted by molar-refractivity contribution is -0.147. The van der Waals surface area contributed by atoms with E-state index >= 15 is 0 Å². The molecule has 2 N–H and O–H groups in total. The Balaban J connectivity index is 1.59. The molecule has 1 unspecified atom stereocenters. The highest BCUT2D eigenvalue weighted by Crippen LogP contribution is 2.21. The van der Waals surface area contributed by atoms with E-state index in [1.54, 1.807) is 6.92 Å². The monoisotopic (exact) mass is 408 g/mol. The minimum Gasteiger partial charge on any atom is -0.380 e. The molecule has 3 rings (SSSR count). The van der Waals surface area contributed by atoms with E-state index in [1.807, 2.05) is 0 Å². The van der Waals surface area contributed by atoms with Crippen molar-refractivity contribution in [3.8, 4) is 0 Å². The molecule has 1 aliphatic heterocycles. The van der Waals surface area contributed by atoms with Gasteiger partial charge < -0.3 is 24.8 Å². The summed E-state index contributed by atoms with van der Waals surface area (Å²) >= 11 is 0. The van der Waals surface area contributed by atoms with Gasteiger partial charge in [0, 0.05) is 51.3 Å². The summed E-state index contributed by atoms with van der Waals surface area (Å²) < 4.78 is 32.2. The van der Waals surface area contributed by atoms with Gasteiger partial charge in [0.15, 0.2) is 0 Å². The Kier molecular flexibility index (Phi) is 6.12. The van der Waals surface area contributed by atoms with Crippen LogP contribution in [0.4, 0.5) is 8.78 Å². The molecule has 29 heavy (non-hydrogen) atoms. The molecule has 8 nitrogen and oxygen atoms in total.